The maximum absolute atomic E-state index is 6.65. The summed E-state index contributed by atoms with van der Waals surface area (Å²) in [7, 11) is 0. The predicted octanol–water partition coefficient (Wildman–Crippen LogP) is 10.5. The summed E-state index contributed by atoms with van der Waals surface area (Å²) in [6, 6.07) is 68.5. The van der Waals surface area contributed by atoms with Crippen molar-refractivity contribution in [2.75, 3.05) is 0 Å². The van der Waals surface area contributed by atoms with Crippen LogP contribution in [0.25, 0.3) is 0 Å². The van der Waals surface area contributed by atoms with Crippen molar-refractivity contribution in [3.05, 3.63) is 211 Å². The Morgan fingerprint density at radius 2 is 0.493 bits per heavy atom. The number of benzene rings is 10. The Kier molecular flexibility index (Phi) is 10.0. The van der Waals surface area contributed by atoms with Crippen molar-refractivity contribution in [3.63, 3.8) is 0 Å². The van der Waals surface area contributed by atoms with Gasteiger partial charge in [-0.25, -0.2) is 0 Å². The second kappa shape index (κ2) is 17.0. The summed E-state index contributed by atoms with van der Waals surface area (Å²) in [5, 5.41) is 0. The van der Waals surface area contributed by atoms with Crippen LogP contribution in [0, 0.1) is 0 Å². The number of rotatable bonds is 4. The van der Waals surface area contributed by atoms with Gasteiger partial charge in [0.2, 0.25) is 0 Å². The highest BCUT2D eigenvalue weighted by Crippen LogP contribution is 2.54. The SMILES string of the molecule is Brc1c(Oc2ccccc2)c2c3c(c1Oc1ccccc1)Oc1ccccc1B3c1ccccc1O2.C.c1ccc2c(c1)Oc1c3c4c(c5c1B2c1ccccc1O5)Oc1ccccc1B4c1ccccc1O3. The van der Waals surface area contributed by atoms with Crippen LogP contribution >= 0.6 is 15.9 Å². The van der Waals surface area contributed by atoms with Crippen molar-refractivity contribution in [3.8, 4) is 92.0 Å². The monoisotopic (exact) mass is 1010 g/mol. The molecule has 0 fully saturated rings. The van der Waals surface area contributed by atoms with Gasteiger partial charge in [-0.1, -0.05) is 153 Å². The van der Waals surface area contributed by atoms with E-state index in [1.165, 1.54) is 0 Å². The number of ether oxygens (including phenoxy) is 8. The summed E-state index contributed by atoms with van der Waals surface area (Å²) in [6.07, 6.45) is 0. The molecular formula is C61H38B3BrO8. The first kappa shape index (κ1) is 43.1. The van der Waals surface area contributed by atoms with Crippen molar-refractivity contribution in [2.24, 2.45) is 0 Å². The summed E-state index contributed by atoms with van der Waals surface area (Å²) in [5.41, 5.74) is 9.37. The van der Waals surface area contributed by atoms with E-state index >= 15 is 0 Å². The highest BCUT2D eigenvalue weighted by Gasteiger charge is 2.50. The van der Waals surface area contributed by atoms with Crippen molar-refractivity contribution in [2.45, 2.75) is 7.43 Å². The molecule has 6 aliphatic rings. The molecule has 346 valence electrons. The maximum atomic E-state index is 6.65. The smallest absolute Gasteiger partial charge is 0.261 e. The zero-order valence-electron chi connectivity index (χ0n) is 38.0. The van der Waals surface area contributed by atoms with Gasteiger partial charge in [-0.2, -0.15) is 0 Å². The normalized spacial score (nSPS) is 13.2. The molecule has 8 nitrogen and oxygen atoms in total. The third-order valence-electron chi connectivity index (χ3n) is 14.1. The molecule has 0 aliphatic carbocycles. The third-order valence-corrected chi connectivity index (χ3v) is 14.9. The van der Waals surface area contributed by atoms with Gasteiger partial charge in [-0.15, -0.1) is 0 Å². The number of fused-ring (bicyclic) bond motifs is 14. The number of hydrogen-bond acceptors (Lipinski definition) is 8. The predicted molar refractivity (Wildman–Crippen MR) is 293 cm³/mol. The molecule has 0 unspecified atom stereocenters. The molecule has 16 rings (SSSR count). The van der Waals surface area contributed by atoms with E-state index in [1.54, 1.807) is 0 Å². The van der Waals surface area contributed by atoms with E-state index < -0.39 is 0 Å². The van der Waals surface area contributed by atoms with E-state index in [0.29, 0.717) is 62.0 Å². The fraction of sp³-hybridized carbons (Fsp3) is 0.0164. The average molecular weight is 1010 g/mol. The second-order valence-corrected chi connectivity index (χ2v) is 18.9. The minimum Gasteiger partial charge on any atom is -0.454 e. The molecule has 6 heterocycles. The zero-order valence-corrected chi connectivity index (χ0v) is 39.6. The molecule has 0 atom stereocenters. The van der Waals surface area contributed by atoms with Gasteiger partial charge in [0.05, 0.1) is 0 Å². The first-order valence-corrected chi connectivity index (χ1v) is 24.6. The first-order valence-electron chi connectivity index (χ1n) is 23.8. The molecule has 0 radical (unpaired) electrons. The van der Waals surface area contributed by atoms with Gasteiger partial charge in [-0.3, -0.25) is 0 Å². The summed E-state index contributed by atoms with van der Waals surface area (Å²) in [6.45, 7) is -0.202. The van der Waals surface area contributed by atoms with Crippen molar-refractivity contribution < 1.29 is 37.9 Å². The summed E-state index contributed by atoms with van der Waals surface area (Å²) >= 11 is 3.78. The van der Waals surface area contributed by atoms with Crippen LogP contribution in [0.5, 0.6) is 92.0 Å². The van der Waals surface area contributed by atoms with Gasteiger partial charge in [0, 0.05) is 16.4 Å². The molecule has 0 saturated heterocycles. The van der Waals surface area contributed by atoms with Crippen LogP contribution in [0.3, 0.4) is 0 Å². The van der Waals surface area contributed by atoms with Crippen molar-refractivity contribution in [1.82, 2.24) is 0 Å². The number of hydrogen-bond donors (Lipinski definition) is 0. The van der Waals surface area contributed by atoms with Crippen LogP contribution < -0.4 is 87.1 Å². The second-order valence-electron chi connectivity index (χ2n) is 18.2. The topological polar surface area (TPSA) is 73.8 Å². The number of halogens is 1. The molecule has 12 heteroatoms. The number of para-hydroxylation sites is 8. The summed E-state index contributed by atoms with van der Waals surface area (Å²) < 4.78 is 53.2. The van der Waals surface area contributed by atoms with Gasteiger partial charge in [0.1, 0.15) is 50.5 Å². The van der Waals surface area contributed by atoms with Gasteiger partial charge in [-0.05, 0) is 109 Å². The van der Waals surface area contributed by atoms with Crippen LogP contribution in [0.15, 0.2) is 211 Å². The van der Waals surface area contributed by atoms with Crippen LogP contribution in [-0.4, -0.2) is 20.1 Å². The summed E-state index contributed by atoms with van der Waals surface area (Å²) in [5.74, 6) is 11.5. The first-order chi connectivity index (χ1) is 35.6. The zero-order chi connectivity index (χ0) is 47.4. The van der Waals surface area contributed by atoms with E-state index in [1.807, 2.05) is 146 Å². The standard InChI is InChI=1S/C30H16B2O4.C30H18BBrO4.CH4/c1-5-13-21-17(9-1)31-18-10-2-6-14-22(18)34-28-25(31)27(33-21)29-26-30(28)36-24-16-8-4-12-20(24)32(26)19-11-3-7-15-23(19)35-29;32-26-29(33-19-11-3-1-4-12-19)27-25-28(30(26)34-20-13-5-2-6-14-20)36-24-18-10-8-16-22(24)31(25)21-15-7-9-17-23(21)35-27;/h1-16H;1-18H;1H4. The van der Waals surface area contributed by atoms with E-state index in [0.717, 1.165) is 83.7 Å². The van der Waals surface area contributed by atoms with Crippen LogP contribution in [0.1, 0.15) is 7.43 Å². The summed E-state index contributed by atoms with van der Waals surface area (Å²) in [4.78, 5) is 0. The molecule has 6 aliphatic heterocycles. The van der Waals surface area contributed by atoms with Gasteiger partial charge in [0.25, 0.3) is 20.1 Å². The molecule has 10 aromatic rings. The van der Waals surface area contributed by atoms with Gasteiger partial charge in [0.15, 0.2) is 46.0 Å². The molecule has 0 N–H and O–H groups in total. The Morgan fingerprint density at radius 1 is 0.274 bits per heavy atom. The quantitative estimate of drug-likeness (QED) is 0.162. The molecule has 0 amide bonds. The molecule has 10 aromatic carbocycles. The Hall–Kier alpha value is -8.73. The molecule has 73 heavy (non-hydrogen) atoms. The third kappa shape index (κ3) is 6.63. The molecule has 0 saturated carbocycles. The maximum Gasteiger partial charge on any atom is 0.261 e. The molecule has 0 spiro atoms. The highest BCUT2D eigenvalue weighted by molar-refractivity contribution is 9.10. The van der Waals surface area contributed by atoms with Crippen LogP contribution in [0.2, 0.25) is 0 Å². The Balaban J connectivity index is 0.000000133. The van der Waals surface area contributed by atoms with Gasteiger partial charge < -0.3 is 37.9 Å². The van der Waals surface area contributed by atoms with E-state index in [2.05, 4.69) is 76.6 Å². The fourth-order valence-electron chi connectivity index (χ4n) is 11.1. The lowest BCUT2D eigenvalue weighted by atomic mass is 9.32. The Morgan fingerprint density at radius 3 is 0.767 bits per heavy atom. The van der Waals surface area contributed by atoms with Crippen LogP contribution in [-0.2, 0) is 0 Å². The minimum absolute atomic E-state index is 0. The van der Waals surface area contributed by atoms with E-state index in [9.17, 15) is 0 Å². The molecule has 0 bridgehead atoms. The van der Waals surface area contributed by atoms with E-state index in [-0.39, 0.29) is 27.6 Å². The largest absolute Gasteiger partial charge is 0.454 e. The van der Waals surface area contributed by atoms with Gasteiger partial charge >= 0.3 is 0 Å². The highest BCUT2D eigenvalue weighted by atomic mass is 79.9. The lowest BCUT2D eigenvalue weighted by molar-refractivity contribution is 0.390. The van der Waals surface area contributed by atoms with E-state index in [4.69, 9.17) is 37.9 Å². The Bertz CT molecular complexity index is 3490. The molecule has 0 aromatic heterocycles. The van der Waals surface area contributed by atoms with Crippen LogP contribution in [0.4, 0.5) is 0 Å². The fourth-order valence-corrected chi connectivity index (χ4v) is 11.6. The van der Waals surface area contributed by atoms with Crippen molar-refractivity contribution in [1.29, 1.82) is 0 Å². The van der Waals surface area contributed by atoms with Crippen molar-refractivity contribution >= 4 is 85.2 Å². The molecular weight excluding hydrogens is 973 g/mol. The lowest BCUT2D eigenvalue weighted by Gasteiger charge is -2.40. The minimum atomic E-state index is -0.103. The lowest BCUT2D eigenvalue weighted by Crippen LogP contribution is -2.61. The average Bonchev–Trinajstić information content (AvgIpc) is 3.46. The Labute approximate surface area is 431 Å².